The Hall–Kier alpha value is -1.05. The number of nitrogens with two attached hydrogens (primary N) is 1. The van der Waals surface area contributed by atoms with E-state index in [0.717, 1.165) is 5.69 Å². The molecule has 0 amide bonds. The predicted molar refractivity (Wildman–Crippen MR) is 79.7 cm³/mol. The van der Waals surface area contributed by atoms with Gasteiger partial charge in [-0.15, -0.1) is 0 Å². The number of rotatable bonds is 8. The van der Waals surface area contributed by atoms with E-state index in [1.165, 1.54) is 50.5 Å². The minimum absolute atomic E-state index is 0.241. The Kier molecular flexibility index (Phi) is 6.17. The summed E-state index contributed by atoms with van der Waals surface area (Å²) in [5, 5.41) is 0. The molecule has 0 saturated carbocycles. The van der Waals surface area contributed by atoms with Crippen molar-refractivity contribution in [1.29, 1.82) is 0 Å². The van der Waals surface area contributed by atoms with Gasteiger partial charge in [-0.25, -0.2) is 0 Å². The standard InChI is InChI=1S/C16H28N2/c1-4-6-7-8-10-16(3,9-5-2)14-11-15(17)13-18-12-14/h11-13H,4-10,17H2,1-3H3. The van der Waals surface area contributed by atoms with Gasteiger partial charge >= 0.3 is 0 Å². The van der Waals surface area contributed by atoms with Gasteiger partial charge in [-0.05, 0) is 29.9 Å². The molecule has 1 aromatic rings. The van der Waals surface area contributed by atoms with Gasteiger partial charge in [0.25, 0.3) is 0 Å². The first kappa shape index (κ1) is 15.0. The average molecular weight is 248 g/mol. The second-order valence-electron chi connectivity index (χ2n) is 5.63. The van der Waals surface area contributed by atoms with Crippen molar-refractivity contribution in [2.45, 2.75) is 71.1 Å². The summed E-state index contributed by atoms with van der Waals surface area (Å²) >= 11 is 0. The number of anilines is 1. The molecule has 2 heteroatoms. The maximum Gasteiger partial charge on any atom is 0.0503 e. The largest absolute Gasteiger partial charge is 0.397 e. The molecule has 0 aliphatic carbocycles. The first-order valence-corrected chi connectivity index (χ1v) is 7.33. The van der Waals surface area contributed by atoms with Gasteiger partial charge in [0.2, 0.25) is 0 Å². The molecule has 1 aromatic heterocycles. The molecule has 1 heterocycles. The minimum atomic E-state index is 0.241. The van der Waals surface area contributed by atoms with Crippen molar-refractivity contribution in [1.82, 2.24) is 4.98 Å². The van der Waals surface area contributed by atoms with Gasteiger partial charge in [-0.3, -0.25) is 4.98 Å². The number of nitrogens with zero attached hydrogens (tertiary/aromatic N) is 1. The van der Waals surface area contributed by atoms with Crippen molar-refractivity contribution >= 4 is 5.69 Å². The minimum Gasteiger partial charge on any atom is -0.397 e. The molecular weight excluding hydrogens is 220 g/mol. The van der Waals surface area contributed by atoms with Crippen molar-refractivity contribution in [2.75, 3.05) is 5.73 Å². The van der Waals surface area contributed by atoms with E-state index in [1.54, 1.807) is 6.20 Å². The first-order chi connectivity index (χ1) is 8.62. The Morgan fingerprint density at radius 3 is 2.44 bits per heavy atom. The van der Waals surface area contributed by atoms with Crippen LogP contribution in [0.1, 0.15) is 71.3 Å². The van der Waals surface area contributed by atoms with Gasteiger partial charge < -0.3 is 5.73 Å². The fourth-order valence-corrected chi connectivity index (χ4v) is 2.70. The number of hydrogen-bond acceptors (Lipinski definition) is 2. The van der Waals surface area contributed by atoms with Gasteiger partial charge in [0.15, 0.2) is 0 Å². The summed E-state index contributed by atoms with van der Waals surface area (Å²) in [6, 6.07) is 2.10. The van der Waals surface area contributed by atoms with Crippen LogP contribution < -0.4 is 5.73 Å². The van der Waals surface area contributed by atoms with Crippen molar-refractivity contribution in [3.8, 4) is 0 Å². The third kappa shape index (κ3) is 4.32. The Labute approximate surface area is 112 Å². The average Bonchev–Trinajstić information content (AvgIpc) is 2.35. The van der Waals surface area contributed by atoms with E-state index in [-0.39, 0.29) is 5.41 Å². The lowest BCUT2D eigenvalue weighted by Crippen LogP contribution is -2.22. The summed E-state index contributed by atoms with van der Waals surface area (Å²) in [5.41, 5.74) is 8.19. The van der Waals surface area contributed by atoms with Crippen molar-refractivity contribution in [3.63, 3.8) is 0 Å². The molecule has 1 rings (SSSR count). The highest BCUT2D eigenvalue weighted by Crippen LogP contribution is 2.34. The highest BCUT2D eigenvalue weighted by molar-refractivity contribution is 5.39. The molecule has 0 spiro atoms. The van der Waals surface area contributed by atoms with Crippen LogP contribution in [0.25, 0.3) is 0 Å². The number of hydrogen-bond donors (Lipinski definition) is 1. The molecule has 0 bridgehead atoms. The summed E-state index contributed by atoms with van der Waals surface area (Å²) in [5.74, 6) is 0. The maximum atomic E-state index is 5.87. The zero-order chi connectivity index (χ0) is 13.4. The van der Waals surface area contributed by atoms with Crippen molar-refractivity contribution in [3.05, 3.63) is 24.0 Å². The number of unbranched alkanes of at least 4 members (excludes halogenated alkanes) is 3. The van der Waals surface area contributed by atoms with E-state index in [9.17, 15) is 0 Å². The summed E-state index contributed by atoms with van der Waals surface area (Å²) in [6.45, 7) is 6.87. The predicted octanol–water partition coefficient (Wildman–Crippen LogP) is 4.69. The summed E-state index contributed by atoms with van der Waals surface area (Å²) < 4.78 is 0. The molecule has 1 unspecified atom stereocenters. The highest BCUT2D eigenvalue weighted by Gasteiger charge is 2.25. The second-order valence-corrected chi connectivity index (χ2v) is 5.63. The molecule has 0 aliphatic rings. The molecule has 0 saturated heterocycles. The van der Waals surface area contributed by atoms with Crippen molar-refractivity contribution in [2.24, 2.45) is 0 Å². The number of nitrogen functional groups attached to an aromatic ring is 1. The molecule has 18 heavy (non-hydrogen) atoms. The third-order valence-corrected chi connectivity index (χ3v) is 3.84. The molecule has 0 aromatic carbocycles. The van der Waals surface area contributed by atoms with Crippen LogP contribution in [-0.4, -0.2) is 4.98 Å². The maximum absolute atomic E-state index is 5.87. The van der Waals surface area contributed by atoms with Crippen LogP contribution in [0.4, 0.5) is 5.69 Å². The van der Waals surface area contributed by atoms with Crippen molar-refractivity contribution < 1.29 is 0 Å². The summed E-state index contributed by atoms with van der Waals surface area (Å²) in [4.78, 5) is 4.25. The smallest absolute Gasteiger partial charge is 0.0503 e. The molecule has 0 fully saturated rings. The summed E-state index contributed by atoms with van der Waals surface area (Å²) in [6.07, 6.45) is 12.7. The van der Waals surface area contributed by atoms with Crippen LogP contribution in [0.15, 0.2) is 18.5 Å². The van der Waals surface area contributed by atoms with Gasteiger partial charge in [0.1, 0.15) is 0 Å². The van der Waals surface area contributed by atoms with Gasteiger partial charge in [0.05, 0.1) is 5.69 Å². The van der Waals surface area contributed by atoms with E-state index in [2.05, 4.69) is 31.8 Å². The van der Waals surface area contributed by atoms with E-state index >= 15 is 0 Å². The fraction of sp³-hybridized carbons (Fsp3) is 0.688. The van der Waals surface area contributed by atoms with Gasteiger partial charge in [-0.2, -0.15) is 0 Å². The lowest BCUT2D eigenvalue weighted by molar-refractivity contribution is 0.376. The van der Waals surface area contributed by atoms with E-state index in [0.29, 0.717) is 0 Å². The monoisotopic (exact) mass is 248 g/mol. The molecule has 0 radical (unpaired) electrons. The van der Waals surface area contributed by atoms with E-state index < -0.39 is 0 Å². The van der Waals surface area contributed by atoms with Gasteiger partial charge in [-0.1, -0.05) is 52.9 Å². The van der Waals surface area contributed by atoms with Gasteiger partial charge in [0, 0.05) is 12.4 Å². The SMILES string of the molecule is CCCCCCC(C)(CCC)c1cncc(N)c1. The zero-order valence-electron chi connectivity index (χ0n) is 12.2. The van der Waals surface area contributed by atoms with Crippen LogP contribution in [0, 0.1) is 0 Å². The third-order valence-electron chi connectivity index (χ3n) is 3.84. The Morgan fingerprint density at radius 1 is 1.06 bits per heavy atom. The van der Waals surface area contributed by atoms with E-state index in [1.807, 2.05) is 6.20 Å². The normalized spacial score (nSPS) is 14.4. The van der Waals surface area contributed by atoms with Crippen LogP contribution in [0.3, 0.4) is 0 Å². The topological polar surface area (TPSA) is 38.9 Å². The lowest BCUT2D eigenvalue weighted by Gasteiger charge is -2.30. The second kappa shape index (κ2) is 7.40. The van der Waals surface area contributed by atoms with Crippen LogP contribution in [0.5, 0.6) is 0 Å². The van der Waals surface area contributed by atoms with Crippen LogP contribution in [-0.2, 0) is 5.41 Å². The fourth-order valence-electron chi connectivity index (χ4n) is 2.70. The Bertz CT molecular complexity index is 349. The highest BCUT2D eigenvalue weighted by atomic mass is 14.7. The summed E-state index contributed by atoms with van der Waals surface area (Å²) in [7, 11) is 0. The number of pyridine rings is 1. The van der Waals surface area contributed by atoms with E-state index in [4.69, 9.17) is 5.73 Å². The molecule has 0 aliphatic heterocycles. The molecule has 1 atom stereocenters. The Morgan fingerprint density at radius 2 is 1.83 bits per heavy atom. The zero-order valence-corrected chi connectivity index (χ0v) is 12.2. The molecule has 2 nitrogen and oxygen atoms in total. The number of aromatic nitrogens is 1. The van der Waals surface area contributed by atoms with Crippen LogP contribution >= 0.6 is 0 Å². The molecule has 2 N–H and O–H groups in total. The molecule has 102 valence electrons. The first-order valence-electron chi connectivity index (χ1n) is 7.33. The van der Waals surface area contributed by atoms with Crippen LogP contribution in [0.2, 0.25) is 0 Å². The molecular formula is C16H28N2. The Balaban J connectivity index is 2.72. The lowest BCUT2D eigenvalue weighted by atomic mass is 9.75. The quantitative estimate of drug-likeness (QED) is 0.678.